The van der Waals surface area contributed by atoms with Crippen LogP contribution >= 0.6 is 0 Å². The molecule has 0 atom stereocenters. The normalized spacial score (nSPS) is 19.6. The average molecular weight is 422 g/mol. The molecule has 158 valence electrons. The van der Waals surface area contributed by atoms with Crippen LogP contribution in [0.4, 0.5) is 11.8 Å². The first-order chi connectivity index (χ1) is 14.0. The Morgan fingerprint density at radius 3 is 2.62 bits per heavy atom. The van der Waals surface area contributed by atoms with Crippen molar-refractivity contribution in [2.75, 3.05) is 82.0 Å². The van der Waals surface area contributed by atoms with Crippen molar-refractivity contribution in [3.8, 4) is 0 Å². The Kier molecular flexibility index (Phi) is 6.09. The van der Waals surface area contributed by atoms with E-state index in [1.54, 1.807) is 12.4 Å². The topological polar surface area (TPSA) is 104 Å². The Labute approximate surface area is 170 Å². The molecule has 2 aliphatic rings. The fourth-order valence-electron chi connectivity index (χ4n) is 3.50. The number of likely N-dealkylation sites (N-methyl/N-ethyl adjacent to an activating group) is 1. The van der Waals surface area contributed by atoms with Crippen LogP contribution in [0.5, 0.6) is 0 Å². The van der Waals surface area contributed by atoms with Crippen molar-refractivity contribution in [1.82, 2.24) is 24.2 Å². The summed E-state index contributed by atoms with van der Waals surface area (Å²) in [7, 11) is -1.22. The highest BCUT2D eigenvalue weighted by molar-refractivity contribution is 7.89. The molecule has 4 heterocycles. The second-order valence-electron chi connectivity index (χ2n) is 7.31. The van der Waals surface area contributed by atoms with Gasteiger partial charge >= 0.3 is 0 Å². The van der Waals surface area contributed by atoms with Gasteiger partial charge in [0.25, 0.3) is 0 Å². The van der Waals surface area contributed by atoms with Crippen LogP contribution in [0, 0.1) is 0 Å². The summed E-state index contributed by atoms with van der Waals surface area (Å²) >= 11 is 0. The molecular formula is C18H27N7O3S. The predicted molar refractivity (Wildman–Crippen MR) is 112 cm³/mol. The number of anilines is 2. The number of hydrogen-bond donors (Lipinski definition) is 1. The van der Waals surface area contributed by atoms with Crippen LogP contribution in [0.2, 0.25) is 0 Å². The minimum Gasteiger partial charge on any atom is -0.379 e. The van der Waals surface area contributed by atoms with Crippen LogP contribution in [-0.2, 0) is 14.8 Å². The van der Waals surface area contributed by atoms with Crippen molar-refractivity contribution in [2.24, 2.45) is 0 Å². The number of nitrogens with zero attached hydrogens (tertiary/aromatic N) is 6. The summed E-state index contributed by atoms with van der Waals surface area (Å²) in [6.07, 6.45) is 3.41. The Bertz CT molecular complexity index is 942. The fraction of sp³-hybridized carbons (Fsp3) is 0.611. The van der Waals surface area contributed by atoms with Crippen LogP contribution in [-0.4, -0.2) is 104 Å². The summed E-state index contributed by atoms with van der Waals surface area (Å²) in [5.74, 6) is 1.30. The van der Waals surface area contributed by atoms with Gasteiger partial charge in [-0.15, -0.1) is 0 Å². The summed E-state index contributed by atoms with van der Waals surface area (Å²) in [5.41, 5.74) is 0.745. The van der Waals surface area contributed by atoms with Crippen molar-refractivity contribution in [3.05, 3.63) is 18.5 Å². The third-order valence-corrected chi connectivity index (χ3v) is 7.16. The molecular weight excluding hydrogens is 394 g/mol. The van der Waals surface area contributed by atoms with Crippen LogP contribution in [0.25, 0.3) is 10.9 Å². The highest BCUT2D eigenvalue weighted by atomic mass is 32.2. The molecule has 0 amide bonds. The maximum absolute atomic E-state index is 12.6. The van der Waals surface area contributed by atoms with Gasteiger partial charge in [0.15, 0.2) is 0 Å². The molecule has 0 aliphatic carbocycles. The lowest BCUT2D eigenvalue weighted by Gasteiger charge is -2.32. The minimum absolute atomic E-state index is 0.00736. The van der Waals surface area contributed by atoms with E-state index in [1.165, 1.54) is 4.31 Å². The van der Waals surface area contributed by atoms with Crippen LogP contribution < -0.4 is 10.2 Å². The molecule has 2 aliphatic heterocycles. The van der Waals surface area contributed by atoms with Gasteiger partial charge in [0.1, 0.15) is 5.82 Å². The molecule has 0 spiro atoms. The van der Waals surface area contributed by atoms with Crippen molar-refractivity contribution in [3.63, 3.8) is 0 Å². The molecule has 2 saturated heterocycles. The summed E-state index contributed by atoms with van der Waals surface area (Å²) in [4.78, 5) is 18.0. The number of morpholine rings is 1. The Morgan fingerprint density at radius 1 is 1.10 bits per heavy atom. The zero-order valence-electron chi connectivity index (χ0n) is 16.6. The van der Waals surface area contributed by atoms with Crippen LogP contribution in [0.3, 0.4) is 0 Å². The first-order valence-corrected chi connectivity index (χ1v) is 11.5. The molecule has 2 aromatic heterocycles. The Hall–Kier alpha value is -2.08. The molecule has 2 fully saturated rings. The lowest BCUT2D eigenvalue weighted by atomic mass is 10.3. The Morgan fingerprint density at radius 2 is 1.86 bits per heavy atom. The van der Waals surface area contributed by atoms with Crippen LogP contribution in [0.15, 0.2) is 18.5 Å². The lowest BCUT2D eigenvalue weighted by molar-refractivity contribution is 0.0731. The standard InChI is InChI=1S/C18H27N7O3S/c1-23-5-7-24(8-6-23)18-21-16-14-19-3-2-15(16)17(22-18)20-4-13-29(26,27)25-9-11-28-12-10-25/h2-3,14H,4-13H2,1H3,(H,20,21,22). The van der Waals surface area contributed by atoms with Gasteiger partial charge in [0, 0.05) is 57.4 Å². The van der Waals surface area contributed by atoms with Crippen molar-refractivity contribution >= 4 is 32.7 Å². The van der Waals surface area contributed by atoms with E-state index in [0.29, 0.717) is 38.1 Å². The number of pyridine rings is 1. The molecule has 0 unspecified atom stereocenters. The van der Waals surface area contributed by atoms with E-state index in [1.807, 2.05) is 6.07 Å². The average Bonchev–Trinajstić information content (AvgIpc) is 2.74. The fourth-order valence-corrected chi connectivity index (χ4v) is 4.83. The first kappa shape index (κ1) is 20.2. The SMILES string of the molecule is CN1CCN(c2nc(NCCS(=O)(=O)N3CCOCC3)c3ccncc3n2)CC1. The molecule has 10 nitrogen and oxygen atoms in total. The summed E-state index contributed by atoms with van der Waals surface area (Å²) in [6, 6.07) is 1.85. The zero-order valence-corrected chi connectivity index (χ0v) is 17.4. The molecule has 0 aromatic carbocycles. The van der Waals surface area contributed by atoms with E-state index in [2.05, 4.69) is 32.1 Å². The lowest BCUT2D eigenvalue weighted by Crippen LogP contribution is -2.45. The highest BCUT2D eigenvalue weighted by Gasteiger charge is 2.24. The van der Waals surface area contributed by atoms with Gasteiger partial charge < -0.3 is 19.9 Å². The number of rotatable bonds is 6. The molecule has 0 saturated carbocycles. The zero-order chi connectivity index (χ0) is 20.3. The van der Waals surface area contributed by atoms with Crippen molar-refractivity contribution in [1.29, 1.82) is 0 Å². The maximum atomic E-state index is 12.6. The van der Waals surface area contributed by atoms with Gasteiger partial charge in [-0.05, 0) is 13.1 Å². The second-order valence-corrected chi connectivity index (χ2v) is 9.40. The van der Waals surface area contributed by atoms with E-state index in [4.69, 9.17) is 9.72 Å². The summed E-state index contributed by atoms with van der Waals surface area (Å²) in [5, 5.41) is 4.05. The van der Waals surface area contributed by atoms with E-state index in [0.717, 1.165) is 37.1 Å². The number of ether oxygens (including phenoxy) is 1. The molecule has 29 heavy (non-hydrogen) atoms. The molecule has 0 bridgehead atoms. The predicted octanol–water partition coefficient (Wildman–Crippen LogP) is -0.149. The smallest absolute Gasteiger partial charge is 0.228 e. The minimum atomic E-state index is -3.32. The van der Waals surface area contributed by atoms with Gasteiger partial charge in [-0.25, -0.2) is 13.4 Å². The number of piperazine rings is 1. The van der Waals surface area contributed by atoms with Gasteiger partial charge in [-0.2, -0.15) is 9.29 Å². The molecule has 4 rings (SSSR count). The maximum Gasteiger partial charge on any atom is 0.228 e. The second kappa shape index (κ2) is 8.74. The van der Waals surface area contributed by atoms with Crippen molar-refractivity contribution in [2.45, 2.75) is 0 Å². The van der Waals surface area contributed by atoms with E-state index in [9.17, 15) is 8.42 Å². The largest absolute Gasteiger partial charge is 0.379 e. The molecule has 11 heteroatoms. The van der Waals surface area contributed by atoms with Gasteiger partial charge in [0.05, 0.1) is 30.7 Å². The first-order valence-electron chi connectivity index (χ1n) is 9.88. The quantitative estimate of drug-likeness (QED) is 0.682. The number of hydrogen-bond acceptors (Lipinski definition) is 9. The highest BCUT2D eigenvalue weighted by Crippen LogP contribution is 2.23. The van der Waals surface area contributed by atoms with E-state index < -0.39 is 10.0 Å². The monoisotopic (exact) mass is 421 g/mol. The molecule has 2 aromatic rings. The Balaban J connectivity index is 1.50. The van der Waals surface area contributed by atoms with Gasteiger partial charge in [-0.3, -0.25) is 4.98 Å². The third-order valence-electron chi connectivity index (χ3n) is 5.29. The third kappa shape index (κ3) is 4.74. The number of sulfonamides is 1. The summed E-state index contributed by atoms with van der Waals surface area (Å²) in [6.45, 7) is 5.62. The number of nitrogens with one attached hydrogen (secondary N) is 1. The van der Waals surface area contributed by atoms with Gasteiger partial charge in [-0.1, -0.05) is 0 Å². The molecule has 1 N–H and O–H groups in total. The van der Waals surface area contributed by atoms with Gasteiger partial charge in [0.2, 0.25) is 16.0 Å². The van der Waals surface area contributed by atoms with Crippen LogP contribution in [0.1, 0.15) is 0 Å². The van der Waals surface area contributed by atoms with E-state index in [-0.39, 0.29) is 12.3 Å². The summed E-state index contributed by atoms with van der Waals surface area (Å²) < 4.78 is 31.9. The van der Waals surface area contributed by atoms with E-state index >= 15 is 0 Å². The van der Waals surface area contributed by atoms with Crippen molar-refractivity contribution < 1.29 is 13.2 Å². The molecule has 0 radical (unpaired) electrons. The number of fused-ring (bicyclic) bond motifs is 1. The number of aromatic nitrogens is 3.